The largest absolute Gasteiger partial charge is 0.385 e. The van der Waals surface area contributed by atoms with Crippen LogP contribution in [0.2, 0.25) is 0 Å². The van der Waals surface area contributed by atoms with Crippen molar-refractivity contribution >= 4 is 0 Å². The fourth-order valence-electron chi connectivity index (χ4n) is 1.71. The monoisotopic (exact) mass is 283 g/mol. The molecule has 0 bridgehead atoms. The van der Waals surface area contributed by atoms with Crippen LogP contribution in [0.15, 0.2) is 22.7 Å². The van der Waals surface area contributed by atoms with Gasteiger partial charge in [-0.15, -0.1) is 0 Å². The van der Waals surface area contributed by atoms with Crippen LogP contribution in [-0.2, 0) is 4.74 Å². The van der Waals surface area contributed by atoms with E-state index in [0.717, 1.165) is 18.6 Å². The molecule has 2 N–H and O–H groups in total. The number of benzene rings is 1. The Labute approximate surface area is 114 Å². The molecule has 1 heterocycles. The summed E-state index contributed by atoms with van der Waals surface area (Å²) in [6.45, 7) is 0.595. The summed E-state index contributed by atoms with van der Waals surface area (Å²) in [6.07, 6.45) is 1.40. The first kappa shape index (κ1) is 14.5. The van der Waals surface area contributed by atoms with Crippen molar-refractivity contribution in [3.8, 4) is 11.4 Å². The Balaban J connectivity index is 2.09. The minimum absolute atomic E-state index is 0.182. The molecule has 1 unspecified atom stereocenters. The Morgan fingerprint density at radius 1 is 1.35 bits per heavy atom. The van der Waals surface area contributed by atoms with Crippen LogP contribution >= 0.6 is 0 Å². The molecule has 0 amide bonds. The SMILES string of the molecule is COCCCC(N)c1nc(-c2ccc(F)c(F)c2)no1. The molecule has 0 fully saturated rings. The number of nitrogens with zero attached hydrogens (tertiary/aromatic N) is 2. The van der Waals surface area contributed by atoms with Crippen molar-refractivity contribution < 1.29 is 18.0 Å². The first-order chi connectivity index (χ1) is 9.61. The van der Waals surface area contributed by atoms with Crippen LogP contribution in [0.1, 0.15) is 24.8 Å². The van der Waals surface area contributed by atoms with Gasteiger partial charge in [0.05, 0.1) is 6.04 Å². The molecular formula is C13H15F2N3O2. The third-order valence-electron chi connectivity index (χ3n) is 2.80. The lowest BCUT2D eigenvalue weighted by molar-refractivity contribution is 0.188. The zero-order chi connectivity index (χ0) is 14.5. The predicted molar refractivity (Wildman–Crippen MR) is 67.7 cm³/mol. The fourth-order valence-corrected chi connectivity index (χ4v) is 1.71. The molecule has 5 nitrogen and oxygen atoms in total. The van der Waals surface area contributed by atoms with Gasteiger partial charge in [0.1, 0.15) is 0 Å². The maximum Gasteiger partial charge on any atom is 0.243 e. The van der Waals surface area contributed by atoms with Crippen LogP contribution in [0.5, 0.6) is 0 Å². The Morgan fingerprint density at radius 2 is 2.15 bits per heavy atom. The highest BCUT2D eigenvalue weighted by Crippen LogP contribution is 2.21. The Hall–Kier alpha value is -1.86. The van der Waals surface area contributed by atoms with Crippen LogP contribution in [0.25, 0.3) is 11.4 Å². The Kier molecular flexibility index (Phi) is 4.75. The van der Waals surface area contributed by atoms with Crippen molar-refractivity contribution in [2.45, 2.75) is 18.9 Å². The molecule has 0 saturated heterocycles. The molecule has 0 radical (unpaired) electrons. The number of rotatable bonds is 6. The number of methoxy groups -OCH3 is 1. The van der Waals surface area contributed by atoms with Gasteiger partial charge in [0.25, 0.3) is 0 Å². The van der Waals surface area contributed by atoms with Crippen molar-refractivity contribution in [3.05, 3.63) is 35.7 Å². The highest BCUT2D eigenvalue weighted by molar-refractivity contribution is 5.54. The molecule has 2 rings (SSSR count). The summed E-state index contributed by atoms with van der Waals surface area (Å²) in [5.41, 5.74) is 6.23. The summed E-state index contributed by atoms with van der Waals surface area (Å²) in [4.78, 5) is 4.10. The molecule has 0 aliphatic carbocycles. The van der Waals surface area contributed by atoms with E-state index in [9.17, 15) is 8.78 Å². The number of nitrogens with two attached hydrogens (primary N) is 1. The molecule has 1 atom stereocenters. The number of aromatic nitrogens is 2. The van der Waals surface area contributed by atoms with Gasteiger partial charge in [-0.2, -0.15) is 4.98 Å². The van der Waals surface area contributed by atoms with Crippen molar-refractivity contribution in [1.82, 2.24) is 10.1 Å². The third kappa shape index (κ3) is 3.37. The lowest BCUT2D eigenvalue weighted by Gasteiger charge is -2.04. The van der Waals surface area contributed by atoms with Crippen molar-refractivity contribution in [3.63, 3.8) is 0 Å². The lowest BCUT2D eigenvalue weighted by Crippen LogP contribution is -2.11. The van der Waals surface area contributed by atoms with Crippen molar-refractivity contribution in [2.75, 3.05) is 13.7 Å². The van der Waals surface area contributed by atoms with E-state index < -0.39 is 17.7 Å². The second-order valence-corrected chi connectivity index (χ2v) is 4.33. The van der Waals surface area contributed by atoms with Crippen molar-refractivity contribution in [2.24, 2.45) is 5.73 Å². The highest BCUT2D eigenvalue weighted by Gasteiger charge is 2.16. The standard InChI is InChI=1S/C13H15F2N3O2/c1-19-6-2-3-11(16)13-17-12(18-20-13)8-4-5-9(14)10(15)7-8/h4-5,7,11H,2-3,6,16H2,1H3. The summed E-state index contributed by atoms with van der Waals surface area (Å²) < 4.78 is 36.0. The van der Waals surface area contributed by atoms with Gasteiger partial charge in [-0.1, -0.05) is 5.16 Å². The summed E-state index contributed by atoms with van der Waals surface area (Å²) >= 11 is 0. The van der Waals surface area contributed by atoms with Crippen LogP contribution in [-0.4, -0.2) is 23.9 Å². The van der Waals surface area contributed by atoms with E-state index in [1.807, 2.05) is 0 Å². The molecule has 0 aliphatic heterocycles. The number of halogens is 2. The second kappa shape index (κ2) is 6.53. The maximum absolute atomic E-state index is 13.1. The molecule has 0 spiro atoms. The normalized spacial score (nSPS) is 12.6. The summed E-state index contributed by atoms with van der Waals surface area (Å²) in [5.74, 6) is -1.44. The summed E-state index contributed by atoms with van der Waals surface area (Å²) in [5, 5.41) is 3.72. The van der Waals surface area contributed by atoms with E-state index in [0.29, 0.717) is 18.6 Å². The molecule has 0 saturated carbocycles. The van der Waals surface area contributed by atoms with E-state index in [1.54, 1.807) is 7.11 Å². The molecule has 20 heavy (non-hydrogen) atoms. The van der Waals surface area contributed by atoms with E-state index in [1.165, 1.54) is 6.07 Å². The Morgan fingerprint density at radius 3 is 2.85 bits per heavy atom. The topological polar surface area (TPSA) is 74.2 Å². The van der Waals surface area contributed by atoms with Crippen LogP contribution in [0.4, 0.5) is 8.78 Å². The quantitative estimate of drug-likeness (QED) is 0.824. The van der Waals surface area contributed by atoms with Gasteiger partial charge in [-0.3, -0.25) is 0 Å². The van der Waals surface area contributed by atoms with E-state index in [-0.39, 0.29) is 11.7 Å². The molecule has 2 aromatic rings. The molecule has 7 heteroatoms. The molecule has 1 aromatic carbocycles. The van der Waals surface area contributed by atoms with Crippen LogP contribution in [0, 0.1) is 11.6 Å². The average molecular weight is 283 g/mol. The fraction of sp³-hybridized carbons (Fsp3) is 0.385. The predicted octanol–water partition coefficient (Wildman–Crippen LogP) is 2.44. The third-order valence-corrected chi connectivity index (χ3v) is 2.80. The second-order valence-electron chi connectivity index (χ2n) is 4.33. The van der Waals surface area contributed by atoms with Gasteiger partial charge >= 0.3 is 0 Å². The smallest absolute Gasteiger partial charge is 0.243 e. The van der Waals surface area contributed by atoms with Crippen LogP contribution < -0.4 is 5.73 Å². The van der Waals surface area contributed by atoms with Gasteiger partial charge in [-0.25, -0.2) is 8.78 Å². The van der Waals surface area contributed by atoms with E-state index in [4.69, 9.17) is 15.0 Å². The van der Waals surface area contributed by atoms with Gasteiger partial charge in [0.2, 0.25) is 11.7 Å². The van der Waals surface area contributed by atoms with E-state index in [2.05, 4.69) is 10.1 Å². The van der Waals surface area contributed by atoms with Gasteiger partial charge in [0, 0.05) is 19.3 Å². The lowest BCUT2D eigenvalue weighted by atomic mass is 10.1. The Bertz CT molecular complexity index is 574. The van der Waals surface area contributed by atoms with Gasteiger partial charge in [-0.05, 0) is 31.0 Å². The maximum atomic E-state index is 13.1. The van der Waals surface area contributed by atoms with Gasteiger partial charge in [0.15, 0.2) is 11.6 Å². The number of hydrogen-bond acceptors (Lipinski definition) is 5. The minimum Gasteiger partial charge on any atom is -0.385 e. The minimum atomic E-state index is -0.960. The summed E-state index contributed by atoms with van der Waals surface area (Å²) in [7, 11) is 1.61. The molecule has 1 aromatic heterocycles. The zero-order valence-electron chi connectivity index (χ0n) is 11.0. The first-order valence-electron chi connectivity index (χ1n) is 6.15. The molecular weight excluding hydrogens is 268 g/mol. The average Bonchev–Trinajstić information content (AvgIpc) is 2.92. The van der Waals surface area contributed by atoms with Gasteiger partial charge < -0.3 is 15.0 Å². The zero-order valence-corrected chi connectivity index (χ0v) is 11.0. The number of ether oxygens (including phenoxy) is 1. The summed E-state index contributed by atoms with van der Waals surface area (Å²) in [6, 6.07) is 3.00. The van der Waals surface area contributed by atoms with Crippen molar-refractivity contribution in [1.29, 1.82) is 0 Å². The number of hydrogen-bond donors (Lipinski definition) is 1. The first-order valence-corrected chi connectivity index (χ1v) is 6.15. The molecule has 108 valence electrons. The van der Waals surface area contributed by atoms with Crippen LogP contribution in [0.3, 0.4) is 0 Å². The highest BCUT2D eigenvalue weighted by atomic mass is 19.2. The molecule has 0 aliphatic rings. The van der Waals surface area contributed by atoms with E-state index >= 15 is 0 Å².